The number of methoxy groups -OCH3 is 1. The highest BCUT2D eigenvalue weighted by atomic mass is 16.5. The fourth-order valence-electron chi connectivity index (χ4n) is 1.43. The number of hydrogen-bond donors (Lipinski definition) is 1. The molecule has 1 aromatic carbocycles. The Bertz CT molecular complexity index is 385. The summed E-state index contributed by atoms with van der Waals surface area (Å²) in [7, 11) is 1.64. The van der Waals surface area contributed by atoms with Crippen molar-refractivity contribution < 1.29 is 9.84 Å². The molecule has 0 amide bonds. The smallest absolute Gasteiger partial charge is 0.121 e. The maximum absolute atomic E-state index is 9.80. The summed E-state index contributed by atoms with van der Waals surface area (Å²) in [5.74, 6) is 6.47. The topological polar surface area (TPSA) is 29.5 Å². The summed E-state index contributed by atoms with van der Waals surface area (Å²) >= 11 is 0. The van der Waals surface area contributed by atoms with E-state index >= 15 is 0 Å². The monoisotopic (exact) mass is 204 g/mol. The van der Waals surface area contributed by atoms with E-state index in [0.29, 0.717) is 6.42 Å². The lowest BCUT2D eigenvalue weighted by Gasteiger charge is -2.10. The van der Waals surface area contributed by atoms with Crippen LogP contribution in [0.2, 0.25) is 0 Å². The highest BCUT2D eigenvalue weighted by Crippen LogP contribution is 2.23. The van der Waals surface area contributed by atoms with Gasteiger partial charge < -0.3 is 9.84 Å². The fourth-order valence-corrected chi connectivity index (χ4v) is 1.43. The molecular formula is C13H16O2. The Morgan fingerprint density at radius 2 is 2.20 bits per heavy atom. The van der Waals surface area contributed by atoms with Gasteiger partial charge in [-0.2, -0.15) is 0 Å². The van der Waals surface area contributed by atoms with E-state index in [1.807, 2.05) is 25.1 Å². The molecule has 0 bridgehead atoms. The van der Waals surface area contributed by atoms with Gasteiger partial charge in [0.1, 0.15) is 5.75 Å². The minimum Gasteiger partial charge on any atom is -0.496 e. The zero-order valence-corrected chi connectivity index (χ0v) is 9.37. The average Bonchev–Trinajstić information content (AvgIpc) is 2.25. The highest BCUT2D eigenvalue weighted by molar-refractivity contribution is 5.37. The van der Waals surface area contributed by atoms with Crippen molar-refractivity contribution >= 4 is 0 Å². The van der Waals surface area contributed by atoms with Crippen molar-refractivity contribution in [3.05, 3.63) is 29.3 Å². The van der Waals surface area contributed by atoms with Crippen LogP contribution in [0.5, 0.6) is 5.75 Å². The van der Waals surface area contributed by atoms with Crippen LogP contribution in [0.15, 0.2) is 18.2 Å². The van der Waals surface area contributed by atoms with Crippen LogP contribution in [0, 0.1) is 18.8 Å². The maximum atomic E-state index is 9.80. The van der Waals surface area contributed by atoms with Gasteiger partial charge in [0.15, 0.2) is 0 Å². The molecule has 1 unspecified atom stereocenters. The molecule has 0 aromatic heterocycles. The lowest BCUT2D eigenvalue weighted by Crippen LogP contribution is -1.97. The summed E-state index contributed by atoms with van der Waals surface area (Å²) in [6, 6.07) is 5.67. The van der Waals surface area contributed by atoms with Gasteiger partial charge in [0.25, 0.3) is 0 Å². The Morgan fingerprint density at radius 1 is 1.47 bits per heavy atom. The summed E-state index contributed by atoms with van der Waals surface area (Å²) in [5.41, 5.74) is 1.91. The molecule has 0 spiro atoms. The molecule has 0 aliphatic heterocycles. The summed E-state index contributed by atoms with van der Waals surface area (Å²) in [6.45, 7) is 3.73. The number of aliphatic hydroxyl groups excluding tert-OH is 1. The first-order valence-electron chi connectivity index (χ1n) is 4.91. The van der Waals surface area contributed by atoms with Crippen LogP contribution < -0.4 is 4.74 Å². The van der Waals surface area contributed by atoms with Crippen molar-refractivity contribution in [1.29, 1.82) is 0 Å². The Kier molecular flexibility index (Phi) is 4.20. The molecule has 0 saturated heterocycles. The maximum Gasteiger partial charge on any atom is 0.121 e. The van der Waals surface area contributed by atoms with Gasteiger partial charge in [0.05, 0.1) is 13.2 Å². The summed E-state index contributed by atoms with van der Waals surface area (Å²) in [6.07, 6.45) is -0.0375. The van der Waals surface area contributed by atoms with E-state index < -0.39 is 6.10 Å². The summed E-state index contributed by atoms with van der Waals surface area (Å²) < 4.78 is 5.15. The molecule has 0 aliphatic carbocycles. The van der Waals surface area contributed by atoms with Crippen molar-refractivity contribution in [2.75, 3.05) is 7.11 Å². The van der Waals surface area contributed by atoms with Crippen LogP contribution in [0.1, 0.15) is 30.6 Å². The van der Waals surface area contributed by atoms with Gasteiger partial charge >= 0.3 is 0 Å². The number of hydrogen-bond acceptors (Lipinski definition) is 2. The van der Waals surface area contributed by atoms with Gasteiger partial charge in [-0.25, -0.2) is 0 Å². The van der Waals surface area contributed by atoms with E-state index in [1.54, 1.807) is 14.0 Å². The third-order valence-corrected chi connectivity index (χ3v) is 2.28. The molecule has 0 heterocycles. The van der Waals surface area contributed by atoms with Crippen LogP contribution in [0.25, 0.3) is 0 Å². The molecule has 1 aromatic rings. The zero-order valence-electron chi connectivity index (χ0n) is 9.37. The van der Waals surface area contributed by atoms with Crippen molar-refractivity contribution in [2.45, 2.75) is 26.4 Å². The third kappa shape index (κ3) is 3.00. The Labute approximate surface area is 90.9 Å². The van der Waals surface area contributed by atoms with E-state index in [4.69, 9.17) is 4.74 Å². The van der Waals surface area contributed by atoms with Crippen molar-refractivity contribution in [3.8, 4) is 17.6 Å². The van der Waals surface area contributed by atoms with Gasteiger partial charge in [0.2, 0.25) is 0 Å². The molecular weight excluding hydrogens is 188 g/mol. The van der Waals surface area contributed by atoms with Gasteiger partial charge in [-0.15, -0.1) is 11.8 Å². The van der Waals surface area contributed by atoms with Gasteiger partial charge in [-0.05, 0) is 37.1 Å². The van der Waals surface area contributed by atoms with Crippen LogP contribution in [0.4, 0.5) is 0 Å². The predicted octanol–water partition coefficient (Wildman–Crippen LogP) is 2.45. The Balaban J connectivity index is 2.85. The van der Waals surface area contributed by atoms with E-state index in [1.165, 1.54) is 0 Å². The number of aliphatic hydroxyl groups is 1. The van der Waals surface area contributed by atoms with E-state index in [9.17, 15) is 5.11 Å². The molecule has 80 valence electrons. The third-order valence-electron chi connectivity index (χ3n) is 2.28. The lowest BCUT2D eigenvalue weighted by molar-refractivity contribution is 0.184. The van der Waals surface area contributed by atoms with Crippen molar-refractivity contribution in [3.63, 3.8) is 0 Å². The minimum atomic E-state index is -0.512. The van der Waals surface area contributed by atoms with Gasteiger partial charge in [-0.1, -0.05) is 6.07 Å². The quantitative estimate of drug-likeness (QED) is 0.766. The zero-order chi connectivity index (χ0) is 11.3. The van der Waals surface area contributed by atoms with E-state index in [-0.39, 0.29) is 0 Å². The average molecular weight is 204 g/mol. The summed E-state index contributed by atoms with van der Waals surface area (Å²) in [5, 5.41) is 9.80. The standard InChI is InChI=1S/C13H16O2/c1-4-5-6-12(14)11-7-8-13(15-3)10(2)9-11/h7-9,12,14H,6H2,1-3H3. The first kappa shape index (κ1) is 11.6. The second-order valence-corrected chi connectivity index (χ2v) is 3.38. The molecule has 1 rings (SSSR count). The molecule has 0 fully saturated rings. The van der Waals surface area contributed by atoms with Crippen LogP contribution in [-0.2, 0) is 0 Å². The number of aryl methyl sites for hydroxylation is 1. The Hall–Kier alpha value is -1.46. The molecule has 1 atom stereocenters. The molecule has 15 heavy (non-hydrogen) atoms. The number of benzene rings is 1. The SMILES string of the molecule is CC#CCC(O)c1ccc(OC)c(C)c1. The van der Waals surface area contributed by atoms with E-state index in [0.717, 1.165) is 16.9 Å². The first-order chi connectivity index (χ1) is 7.19. The number of ether oxygens (including phenoxy) is 1. The molecule has 0 radical (unpaired) electrons. The second-order valence-electron chi connectivity index (χ2n) is 3.38. The highest BCUT2D eigenvalue weighted by Gasteiger charge is 2.07. The largest absolute Gasteiger partial charge is 0.496 e. The first-order valence-corrected chi connectivity index (χ1v) is 4.91. The minimum absolute atomic E-state index is 0.474. The van der Waals surface area contributed by atoms with E-state index in [2.05, 4.69) is 11.8 Å². The van der Waals surface area contributed by atoms with Crippen molar-refractivity contribution in [1.82, 2.24) is 0 Å². The molecule has 0 saturated carbocycles. The van der Waals surface area contributed by atoms with Crippen LogP contribution >= 0.6 is 0 Å². The van der Waals surface area contributed by atoms with Crippen molar-refractivity contribution in [2.24, 2.45) is 0 Å². The molecule has 0 aliphatic rings. The molecule has 1 N–H and O–H groups in total. The van der Waals surface area contributed by atoms with Crippen LogP contribution in [-0.4, -0.2) is 12.2 Å². The lowest BCUT2D eigenvalue weighted by atomic mass is 10.0. The Morgan fingerprint density at radius 3 is 2.73 bits per heavy atom. The van der Waals surface area contributed by atoms with Gasteiger partial charge in [-0.3, -0.25) is 0 Å². The van der Waals surface area contributed by atoms with Gasteiger partial charge in [0, 0.05) is 6.42 Å². The normalized spacial score (nSPS) is 11.5. The fraction of sp³-hybridized carbons (Fsp3) is 0.385. The van der Waals surface area contributed by atoms with Crippen LogP contribution in [0.3, 0.4) is 0 Å². The second kappa shape index (κ2) is 5.43. The number of rotatable bonds is 3. The molecule has 2 nitrogen and oxygen atoms in total. The predicted molar refractivity (Wildman–Crippen MR) is 60.8 cm³/mol. The summed E-state index contributed by atoms with van der Waals surface area (Å²) in [4.78, 5) is 0. The molecule has 2 heteroatoms.